The van der Waals surface area contributed by atoms with Crippen LogP contribution in [0.1, 0.15) is 232 Å². The average Bonchev–Trinajstić information content (AvgIpc) is 3.27. The van der Waals surface area contributed by atoms with Crippen molar-refractivity contribution in [2.45, 2.75) is 254 Å². The Bertz CT molecular complexity index is 1210. The van der Waals surface area contributed by atoms with Crippen molar-refractivity contribution in [3.63, 3.8) is 0 Å². The SMILES string of the molecule is C/C=C/C1CCC(C2C3CCCCC3C(C3CCC(/C=C/C4CCC([Si](C5CCCCC5)(C5CCCCC5)C5CCC(C)CC5)CC4)CC3)C3CCCCC32)CC1. The summed E-state index contributed by atoms with van der Waals surface area (Å²) in [5, 5.41) is 0. The number of fused-ring (bicyclic) bond motifs is 2. The Balaban J connectivity index is 0.833. The van der Waals surface area contributed by atoms with Gasteiger partial charge in [0.15, 0.2) is 0 Å². The Morgan fingerprint density at radius 3 is 1.02 bits per heavy atom. The van der Waals surface area contributed by atoms with Gasteiger partial charge >= 0.3 is 0 Å². The molecule has 0 amide bonds. The Morgan fingerprint density at radius 1 is 0.316 bits per heavy atom. The maximum atomic E-state index is 2.86. The van der Waals surface area contributed by atoms with Crippen molar-refractivity contribution in [3.05, 3.63) is 24.3 Å². The number of hydrogen-bond acceptors (Lipinski definition) is 0. The molecule has 0 aliphatic heterocycles. The second-order valence-electron chi connectivity index (χ2n) is 23.9. The van der Waals surface area contributed by atoms with Gasteiger partial charge in [-0.2, -0.15) is 0 Å². The number of rotatable bonds is 9. The van der Waals surface area contributed by atoms with Gasteiger partial charge in [0.25, 0.3) is 0 Å². The fourth-order valence-corrected chi connectivity index (χ4v) is 28.6. The van der Waals surface area contributed by atoms with E-state index in [-0.39, 0.29) is 0 Å². The highest BCUT2D eigenvalue weighted by atomic mass is 28.3. The molecule has 9 fully saturated rings. The van der Waals surface area contributed by atoms with E-state index in [4.69, 9.17) is 0 Å². The molecule has 0 nitrogen and oxygen atoms in total. The van der Waals surface area contributed by atoms with Gasteiger partial charge in [-0.05, 0) is 190 Å². The van der Waals surface area contributed by atoms with Crippen LogP contribution in [0.2, 0.25) is 22.2 Å². The van der Waals surface area contributed by atoms with E-state index in [1.807, 2.05) is 0 Å². The maximum absolute atomic E-state index is 2.86. The number of allylic oxidation sites excluding steroid dienone is 4. The first-order valence-electron chi connectivity index (χ1n) is 27.4. The molecule has 0 spiro atoms. The molecule has 0 bridgehead atoms. The van der Waals surface area contributed by atoms with Gasteiger partial charge in [-0.25, -0.2) is 0 Å². The summed E-state index contributed by atoms with van der Waals surface area (Å²) >= 11 is 0. The Labute approximate surface area is 356 Å². The summed E-state index contributed by atoms with van der Waals surface area (Å²) < 4.78 is 0. The van der Waals surface area contributed by atoms with Gasteiger partial charge in [0, 0.05) is 0 Å². The van der Waals surface area contributed by atoms with Gasteiger partial charge in [-0.3, -0.25) is 0 Å². The van der Waals surface area contributed by atoms with Crippen LogP contribution in [0.25, 0.3) is 0 Å². The quantitative estimate of drug-likeness (QED) is 0.161. The van der Waals surface area contributed by atoms with Gasteiger partial charge in [0.1, 0.15) is 0 Å². The van der Waals surface area contributed by atoms with Crippen LogP contribution < -0.4 is 0 Å². The minimum Gasteiger partial charge on any atom is -0.0914 e. The molecule has 0 aromatic carbocycles. The van der Waals surface area contributed by atoms with Crippen molar-refractivity contribution >= 4 is 8.07 Å². The van der Waals surface area contributed by atoms with Crippen LogP contribution in [0.5, 0.6) is 0 Å². The van der Waals surface area contributed by atoms with E-state index in [2.05, 4.69) is 38.2 Å². The zero-order chi connectivity index (χ0) is 38.6. The third-order valence-corrected chi connectivity index (χ3v) is 29.4. The van der Waals surface area contributed by atoms with E-state index in [9.17, 15) is 0 Å². The van der Waals surface area contributed by atoms with Gasteiger partial charge < -0.3 is 0 Å². The molecule has 1 heteroatoms. The molecule has 9 rings (SSSR count). The first kappa shape index (κ1) is 42.0. The largest absolute Gasteiger partial charge is 0.0914 e. The predicted molar refractivity (Wildman–Crippen MR) is 249 cm³/mol. The van der Waals surface area contributed by atoms with Crippen molar-refractivity contribution in [2.24, 2.45) is 71.0 Å². The average molecular weight is 795 g/mol. The molecule has 9 aliphatic carbocycles. The summed E-state index contributed by atoms with van der Waals surface area (Å²) in [5.41, 5.74) is 4.77. The Hall–Kier alpha value is -0.303. The minimum absolute atomic E-state index is 0.889. The molecule has 0 aromatic rings. The summed E-state index contributed by atoms with van der Waals surface area (Å²) in [5.74, 6) is 12.4. The molecule has 9 saturated carbocycles. The van der Waals surface area contributed by atoms with Crippen molar-refractivity contribution in [2.75, 3.05) is 0 Å². The second kappa shape index (κ2) is 19.8. The van der Waals surface area contributed by atoms with E-state index < -0.39 is 8.07 Å². The third-order valence-electron chi connectivity index (χ3n) is 21.4. The van der Waals surface area contributed by atoms with Crippen LogP contribution in [-0.4, -0.2) is 8.07 Å². The molecule has 57 heavy (non-hydrogen) atoms. The molecule has 322 valence electrons. The van der Waals surface area contributed by atoms with Gasteiger partial charge in [-0.1, -0.05) is 160 Å². The molecular formula is C56H94Si. The highest BCUT2D eigenvalue weighted by Gasteiger charge is 2.58. The first-order valence-corrected chi connectivity index (χ1v) is 29.8. The lowest BCUT2D eigenvalue weighted by Crippen LogP contribution is -2.55. The van der Waals surface area contributed by atoms with E-state index >= 15 is 0 Å². The Morgan fingerprint density at radius 2 is 0.632 bits per heavy atom. The summed E-state index contributed by atoms with van der Waals surface area (Å²) in [4.78, 5) is 0. The van der Waals surface area contributed by atoms with Gasteiger partial charge in [-0.15, -0.1) is 0 Å². The molecule has 0 radical (unpaired) electrons. The molecule has 4 atom stereocenters. The standard InChI is InChI=1S/C56H94Si/c1-3-14-42-27-33-45(34-28-42)55-51-19-10-12-21-53(51)56(54-22-13-11-20-52(54)55)46-35-29-43(30-36-46)25-26-44-31-39-50(40-32-44)57(47-15-6-4-7-16-47,48-17-8-5-9-18-48)49-37-23-41(2)24-38-49/h3,14,25-26,41-56H,4-13,15-24,27-40H2,1-2H3/b14-3+,26-25+. The van der Waals surface area contributed by atoms with Crippen LogP contribution in [-0.2, 0) is 0 Å². The fraction of sp³-hybridized carbons (Fsp3) is 0.929. The topological polar surface area (TPSA) is 0 Å². The normalized spacial score (nSPS) is 44.8. The minimum atomic E-state index is -1.40. The first-order chi connectivity index (χ1) is 28.1. The maximum Gasteiger partial charge on any atom is 0.0660 e. The molecular weight excluding hydrogens is 701 g/mol. The lowest BCUT2D eigenvalue weighted by molar-refractivity contribution is -0.113. The van der Waals surface area contributed by atoms with Crippen molar-refractivity contribution < 1.29 is 0 Å². The van der Waals surface area contributed by atoms with Crippen LogP contribution in [0, 0.1) is 71.0 Å². The lowest BCUT2D eigenvalue weighted by atomic mass is 9.45. The van der Waals surface area contributed by atoms with Crippen LogP contribution in [0.3, 0.4) is 0 Å². The molecule has 0 aromatic heterocycles. The molecule has 9 aliphatic rings. The van der Waals surface area contributed by atoms with Crippen molar-refractivity contribution in [3.8, 4) is 0 Å². The summed E-state index contributed by atoms with van der Waals surface area (Å²) in [7, 11) is -1.40. The van der Waals surface area contributed by atoms with Crippen LogP contribution in [0.4, 0.5) is 0 Å². The van der Waals surface area contributed by atoms with Crippen molar-refractivity contribution in [1.82, 2.24) is 0 Å². The summed E-state index contributed by atoms with van der Waals surface area (Å²) in [6.07, 6.45) is 64.4. The van der Waals surface area contributed by atoms with E-state index in [0.29, 0.717) is 0 Å². The van der Waals surface area contributed by atoms with Gasteiger partial charge in [0.05, 0.1) is 8.07 Å². The highest BCUT2D eigenvalue weighted by Crippen LogP contribution is 2.65. The highest BCUT2D eigenvalue weighted by molar-refractivity contribution is 6.85. The smallest absolute Gasteiger partial charge is 0.0660 e. The van der Waals surface area contributed by atoms with Crippen LogP contribution >= 0.6 is 0 Å². The van der Waals surface area contributed by atoms with E-state index in [1.165, 1.54) is 47.8 Å². The second-order valence-corrected chi connectivity index (χ2v) is 29.1. The molecule has 0 heterocycles. The third kappa shape index (κ3) is 8.98. The molecule has 4 unspecified atom stereocenters. The summed E-state index contributed by atoms with van der Waals surface area (Å²) in [6.45, 7) is 4.84. The van der Waals surface area contributed by atoms with Crippen molar-refractivity contribution in [1.29, 1.82) is 0 Å². The molecule has 0 N–H and O–H groups in total. The lowest BCUT2D eigenvalue weighted by Gasteiger charge is -2.60. The summed E-state index contributed by atoms with van der Waals surface area (Å²) in [6, 6.07) is 0. The monoisotopic (exact) mass is 795 g/mol. The zero-order valence-electron chi connectivity index (χ0n) is 38.1. The Kier molecular flexibility index (Phi) is 14.6. The van der Waals surface area contributed by atoms with E-state index in [0.717, 1.165) is 71.0 Å². The van der Waals surface area contributed by atoms with Crippen LogP contribution in [0.15, 0.2) is 24.3 Å². The number of hydrogen-bond donors (Lipinski definition) is 0. The fourth-order valence-electron chi connectivity index (χ4n) is 19.1. The molecule has 0 saturated heterocycles. The van der Waals surface area contributed by atoms with E-state index in [1.54, 1.807) is 193 Å². The predicted octanol–water partition coefficient (Wildman–Crippen LogP) is 17.8. The zero-order valence-corrected chi connectivity index (χ0v) is 39.1. The van der Waals surface area contributed by atoms with Gasteiger partial charge in [0.2, 0.25) is 0 Å².